The zero-order chi connectivity index (χ0) is 11.4. The summed E-state index contributed by atoms with van der Waals surface area (Å²) in [6.45, 7) is 3.88. The number of nitrogens with one attached hydrogen (secondary N) is 1. The Kier molecular flexibility index (Phi) is 3.64. The predicted molar refractivity (Wildman–Crippen MR) is 60.0 cm³/mol. The van der Waals surface area contributed by atoms with E-state index < -0.39 is 0 Å². The van der Waals surface area contributed by atoms with E-state index in [0.717, 1.165) is 45.4 Å². The average molecular weight is 225 g/mol. The standard InChI is InChI=1S/C11H19N3O2/c15-10(13-6-1-2-7-13)4-9-14-8-3-5-12-11(14)16/h1-9H2,(H,12,16). The normalized spacial score (nSPS) is 21.1. The van der Waals surface area contributed by atoms with E-state index in [-0.39, 0.29) is 11.9 Å². The van der Waals surface area contributed by atoms with E-state index in [0.29, 0.717) is 13.0 Å². The summed E-state index contributed by atoms with van der Waals surface area (Å²) in [5.41, 5.74) is 0. The molecule has 3 amide bonds. The molecule has 2 aliphatic rings. The molecule has 5 heteroatoms. The van der Waals surface area contributed by atoms with Crippen LogP contribution in [0.4, 0.5) is 4.79 Å². The summed E-state index contributed by atoms with van der Waals surface area (Å²) in [6, 6.07) is -0.0273. The quantitative estimate of drug-likeness (QED) is 0.756. The van der Waals surface area contributed by atoms with Gasteiger partial charge in [0.25, 0.3) is 0 Å². The number of urea groups is 1. The van der Waals surface area contributed by atoms with Crippen molar-refractivity contribution in [2.24, 2.45) is 0 Å². The van der Waals surface area contributed by atoms with E-state index in [2.05, 4.69) is 5.32 Å². The third-order valence-electron chi connectivity index (χ3n) is 3.22. The Morgan fingerprint density at radius 2 is 1.94 bits per heavy atom. The van der Waals surface area contributed by atoms with Gasteiger partial charge in [0.05, 0.1) is 0 Å². The van der Waals surface area contributed by atoms with Crippen LogP contribution in [-0.2, 0) is 4.79 Å². The molecule has 0 unspecified atom stereocenters. The van der Waals surface area contributed by atoms with Gasteiger partial charge in [0, 0.05) is 39.1 Å². The molecule has 1 N–H and O–H groups in total. The van der Waals surface area contributed by atoms with Gasteiger partial charge in [-0.15, -0.1) is 0 Å². The monoisotopic (exact) mass is 225 g/mol. The maximum absolute atomic E-state index is 11.8. The Balaban J connectivity index is 1.73. The first kappa shape index (κ1) is 11.2. The molecule has 0 aromatic rings. The minimum Gasteiger partial charge on any atom is -0.343 e. The second-order valence-electron chi connectivity index (χ2n) is 4.41. The lowest BCUT2D eigenvalue weighted by molar-refractivity contribution is -0.130. The SMILES string of the molecule is O=C(CCN1CCCNC1=O)N1CCCC1. The number of carbonyl (C=O) groups is 2. The molecule has 0 aromatic carbocycles. The van der Waals surface area contributed by atoms with Crippen LogP contribution in [0.15, 0.2) is 0 Å². The molecule has 2 heterocycles. The van der Waals surface area contributed by atoms with Crippen LogP contribution in [0.1, 0.15) is 25.7 Å². The number of hydrogen-bond donors (Lipinski definition) is 1. The summed E-state index contributed by atoms with van der Waals surface area (Å²) >= 11 is 0. The fourth-order valence-electron chi connectivity index (χ4n) is 2.25. The molecule has 0 saturated carbocycles. The van der Waals surface area contributed by atoms with Crippen LogP contribution in [0, 0.1) is 0 Å². The van der Waals surface area contributed by atoms with Crippen molar-refractivity contribution in [3.63, 3.8) is 0 Å². The van der Waals surface area contributed by atoms with Gasteiger partial charge < -0.3 is 15.1 Å². The molecule has 16 heavy (non-hydrogen) atoms. The van der Waals surface area contributed by atoms with Crippen molar-refractivity contribution in [1.29, 1.82) is 0 Å². The molecule has 5 nitrogen and oxygen atoms in total. The third-order valence-corrected chi connectivity index (χ3v) is 3.22. The van der Waals surface area contributed by atoms with Crippen LogP contribution < -0.4 is 5.32 Å². The van der Waals surface area contributed by atoms with Crippen LogP contribution in [0.3, 0.4) is 0 Å². The highest BCUT2D eigenvalue weighted by atomic mass is 16.2. The highest BCUT2D eigenvalue weighted by molar-refractivity contribution is 5.78. The molecule has 0 radical (unpaired) electrons. The van der Waals surface area contributed by atoms with E-state index in [1.807, 2.05) is 4.90 Å². The third kappa shape index (κ3) is 2.65. The molecule has 0 aromatic heterocycles. The van der Waals surface area contributed by atoms with E-state index in [1.165, 1.54) is 0 Å². The Labute approximate surface area is 95.8 Å². The first-order valence-electron chi connectivity index (χ1n) is 6.08. The Bertz CT molecular complexity index is 274. The highest BCUT2D eigenvalue weighted by Crippen LogP contribution is 2.09. The zero-order valence-electron chi connectivity index (χ0n) is 9.57. The van der Waals surface area contributed by atoms with Crippen LogP contribution >= 0.6 is 0 Å². The molecule has 0 bridgehead atoms. The summed E-state index contributed by atoms with van der Waals surface area (Å²) in [6.07, 6.45) is 3.68. The first-order chi connectivity index (χ1) is 7.77. The minimum atomic E-state index is -0.0273. The lowest BCUT2D eigenvalue weighted by Crippen LogP contribution is -2.47. The van der Waals surface area contributed by atoms with Crippen LogP contribution in [-0.4, -0.2) is 54.5 Å². The van der Waals surface area contributed by atoms with Gasteiger partial charge in [0.15, 0.2) is 0 Å². The summed E-state index contributed by atoms with van der Waals surface area (Å²) in [4.78, 5) is 26.8. The molecule has 2 saturated heterocycles. The van der Waals surface area contributed by atoms with Crippen molar-refractivity contribution < 1.29 is 9.59 Å². The molecule has 0 aliphatic carbocycles. The number of amides is 3. The maximum atomic E-state index is 11.8. The Morgan fingerprint density at radius 3 is 2.62 bits per heavy atom. The topological polar surface area (TPSA) is 52.7 Å². The first-order valence-corrected chi connectivity index (χ1v) is 6.08. The Hall–Kier alpha value is -1.26. The molecule has 90 valence electrons. The van der Waals surface area contributed by atoms with Gasteiger partial charge in [0.2, 0.25) is 5.91 Å². The highest BCUT2D eigenvalue weighted by Gasteiger charge is 2.21. The number of nitrogens with zero attached hydrogens (tertiary/aromatic N) is 2. The van der Waals surface area contributed by atoms with Gasteiger partial charge in [-0.2, -0.15) is 0 Å². The molecule has 2 rings (SSSR count). The number of likely N-dealkylation sites (tertiary alicyclic amines) is 1. The van der Waals surface area contributed by atoms with Crippen molar-refractivity contribution in [3.05, 3.63) is 0 Å². The number of hydrogen-bond acceptors (Lipinski definition) is 2. The minimum absolute atomic E-state index is 0.0273. The van der Waals surface area contributed by atoms with Gasteiger partial charge in [0.1, 0.15) is 0 Å². The largest absolute Gasteiger partial charge is 0.343 e. The van der Waals surface area contributed by atoms with E-state index in [4.69, 9.17) is 0 Å². The van der Waals surface area contributed by atoms with Gasteiger partial charge in [-0.25, -0.2) is 4.79 Å². The molecule has 0 atom stereocenters. The fourth-order valence-corrected chi connectivity index (χ4v) is 2.25. The van der Waals surface area contributed by atoms with Crippen molar-refractivity contribution in [3.8, 4) is 0 Å². The van der Waals surface area contributed by atoms with Crippen molar-refractivity contribution >= 4 is 11.9 Å². The van der Waals surface area contributed by atoms with Gasteiger partial charge in [-0.3, -0.25) is 4.79 Å². The second kappa shape index (κ2) is 5.18. The van der Waals surface area contributed by atoms with E-state index >= 15 is 0 Å². The lowest BCUT2D eigenvalue weighted by atomic mass is 10.3. The molecule has 2 fully saturated rings. The average Bonchev–Trinajstić information content (AvgIpc) is 2.81. The smallest absolute Gasteiger partial charge is 0.317 e. The molecular formula is C11H19N3O2. The van der Waals surface area contributed by atoms with Crippen molar-refractivity contribution in [2.75, 3.05) is 32.7 Å². The molecule has 2 aliphatic heterocycles. The van der Waals surface area contributed by atoms with Gasteiger partial charge >= 0.3 is 6.03 Å². The predicted octanol–water partition coefficient (Wildman–Crippen LogP) is 0.414. The summed E-state index contributed by atoms with van der Waals surface area (Å²) in [5.74, 6) is 0.191. The van der Waals surface area contributed by atoms with Crippen LogP contribution in [0.2, 0.25) is 0 Å². The summed E-state index contributed by atoms with van der Waals surface area (Å²) in [7, 11) is 0. The van der Waals surface area contributed by atoms with Crippen molar-refractivity contribution in [1.82, 2.24) is 15.1 Å². The fraction of sp³-hybridized carbons (Fsp3) is 0.818. The maximum Gasteiger partial charge on any atom is 0.317 e. The molecular weight excluding hydrogens is 206 g/mol. The lowest BCUT2D eigenvalue weighted by Gasteiger charge is -2.27. The summed E-state index contributed by atoms with van der Waals surface area (Å²) < 4.78 is 0. The van der Waals surface area contributed by atoms with E-state index in [9.17, 15) is 9.59 Å². The molecule has 0 spiro atoms. The zero-order valence-corrected chi connectivity index (χ0v) is 9.57. The van der Waals surface area contributed by atoms with Gasteiger partial charge in [-0.1, -0.05) is 0 Å². The van der Waals surface area contributed by atoms with Crippen LogP contribution in [0.25, 0.3) is 0 Å². The van der Waals surface area contributed by atoms with E-state index in [1.54, 1.807) is 4.90 Å². The Morgan fingerprint density at radius 1 is 1.19 bits per heavy atom. The van der Waals surface area contributed by atoms with Crippen molar-refractivity contribution in [2.45, 2.75) is 25.7 Å². The van der Waals surface area contributed by atoms with Crippen LogP contribution in [0.5, 0.6) is 0 Å². The second-order valence-corrected chi connectivity index (χ2v) is 4.41. The number of rotatable bonds is 3. The summed E-state index contributed by atoms with van der Waals surface area (Å²) in [5, 5.41) is 2.79. The number of carbonyl (C=O) groups excluding carboxylic acids is 2. The van der Waals surface area contributed by atoms with Gasteiger partial charge in [-0.05, 0) is 19.3 Å².